The zero-order valence-electron chi connectivity index (χ0n) is 9.34. The zero-order chi connectivity index (χ0) is 10.9. The lowest BCUT2D eigenvalue weighted by Gasteiger charge is -2.29. The molecule has 0 bridgehead atoms. The molecule has 2 N–H and O–H groups in total. The van der Waals surface area contributed by atoms with E-state index in [0.717, 1.165) is 32.4 Å². The summed E-state index contributed by atoms with van der Waals surface area (Å²) in [5.74, 6) is 0. The highest BCUT2D eigenvalue weighted by Gasteiger charge is 2.24. The van der Waals surface area contributed by atoms with Crippen molar-refractivity contribution >= 4 is 0 Å². The Labute approximate surface area is 87.1 Å². The number of hydrogen-bond donors (Lipinski definition) is 2. The third-order valence-corrected chi connectivity index (χ3v) is 2.98. The van der Waals surface area contributed by atoms with Gasteiger partial charge in [0, 0.05) is 25.0 Å². The second kappa shape index (κ2) is 7.78. The lowest BCUT2D eigenvalue weighted by atomic mass is 9.83. The Morgan fingerprint density at radius 2 is 2.00 bits per heavy atom. The van der Waals surface area contributed by atoms with E-state index >= 15 is 0 Å². The lowest BCUT2D eigenvalue weighted by Crippen LogP contribution is -2.36. The molecule has 0 aromatic heterocycles. The van der Waals surface area contributed by atoms with Crippen molar-refractivity contribution in [3.63, 3.8) is 0 Å². The van der Waals surface area contributed by atoms with Gasteiger partial charge < -0.3 is 10.4 Å². The minimum Gasteiger partial charge on any atom is -0.396 e. The summed E-state index contributed by atoms with van der Waals surface area (Å²) in [7, 11) is 0. The molecule has 0 atom stereocenters. The summed E-state index contributed by atoms with van der Waals surface area (Å²) >= 11 is 0. The van der Waals surface area contributed by atoms with E-state index in [1.54, 1.807) is 0 Å². The van der Waals surface area contributed by atoms with Crippen molar-refractivity contribution in [3.8, 4) is 6.07 Å². The maximum atomic E-state index is 9.29. The van der Waals surface area contributed by atoms with Gasteiger partial charge in [-0.1, -0.05) is 13.8 Å². The van der Waals surface area contributed by atoms with Crippen molar-refractivity contribution in [2.45, 2.75) is 39.5 Å². The van der Waals surface area contributed by atoms with Crippen LogP contribution >= 0.6 is 0 Å². The van der Waals surface area contributed by atoms with Crippen LogP contribution in [0.15, 0.2) is 0 Å². The van der Waals surface area contributed by atoms with Crippen LogP contribution in [0.3, 0.4) is 0 Å². The molecule has 82 valence electrons. The highest BCUT2D eigenvalue weighted by atomic mass is 16.3. The predicted octanol–water partition coefficient (Wildman–Crippen LogP) is 1.68. The van der Waals surface area contributed by atoms with Gasteiger partial charge in [0.25, 0.3) is 0 Å². The third-order valence-electron chi connectivity index (χ3n) is 2.98. The van der Waals surface area contributed by atoms with E-state index in [9.17, 15) is 5.11 Å². The van der Waals surface area contributed by atoms with Gasteiger partial charge in [0.2, 0.25) is 0 Å². The number of aliphatic hydroxyl groups is 1. The number of nitrogens with one attached hydrogen (secondary N) is 1. The predicted molar refractivity (Wildman–Crippen MR) is 57.8 cm³/mol. The van der Waals surface area contributed by atoms with Crippen molar-refractivity contribution in [1.29, 1.82) is 5.26 Å². The van der Waals surface area contributed by atoms with Gasteiger partial charge in [0.15, 0.2) is 0 Å². The Balaban J connectivity index is 3.67. The highest BCUT2D eigenvalue weighted by molar-refractivity contribution is 4.78. The fourth-order valence-corrected chi connectivity index (χ4v) is 1.43. The average molecular weight is 198 g/mol. The van der Waals surface area contributed by atoms with E-state index in [4.69, 9.17) is 5.26 Å². The number of aliphatic hydroxyl groups excluding tert-OH is 1. The van der Waals surface area contributed by atoms with Gasteiger partial charge in [-0.3, -0.25) is 0 Å². The summed E-state index contributed by atoms with van der Waals surface area (Å²) in [5, 5.41) is 20.9. The van der Waals surface area contributed by atoms with Gasteiger partial charge in [0.1, 0.15) is 0 Å². The molecule has 0 unspecified atom stereocenters. The summed E-state index contributed by atoms with van der Waals surface area (Å²) in [6, 6.07) is 2.12. The minimum atomic E-state index is 0.0344. The number of rotatable bonds is 8. The SMILES string of the molecule is CCC(CC)(CO)CNCCCC#N. The molecule has 0 aliphatic carbocycles. The van der Waals surface area contributed by atoms with Gasteiger partial charge >= 0.3 is 0 Å². The highest BCUT2D eigenvalue weighted by Crippen LogP contribution is 2.24. The maximum Gasteiger partial charge on any atom is 0.0622 e. The van der Waals surface area contributed by atoms with E-state index < -0.39 is 0 Å². The molecule has 3 heteroatoms. The van der Waals surface area contributed by atoms with Crippen LogP contribution in [0, 0.1) is 16.7 Å². The topological polar surface area (TPSA) is 56.0 Å². The van der Waals surface area contributed by atoms with E-state index in [2.05, 4.69) is 25.2 Å². The van der Waals surface area contributed by atoms with Gasteiger partial charge in [-0.05, 0) is 25.8 Å². The molecule has 0 saturated carbocycles. The molecule has 0 heterocycles. The number of nitrogens with zero attached hydrogens (tertiary/aromatic N) is 1. The molecule has 0 aliphatic heterocycles. The molecule has 0 fully saturated rings. The summed E-state index contributed by atoms with van der Waals surface area (Å²) < 4.78 is 0. The monoisotopic (exact) mass is 198 g/mol. The van der Waals surface area contributed by atoms with Crippen LogP contribution in [-0.4, -0.2) is 24.8 Å². The first-order valence-electron chi connectivity index (χ1n) is 5.43. The normalized spacial score (nSPS) is 11.3. The molecule has 0 aliphatic rings. The first-order valence-corrected chi connectivity index (χ1v) is 5.43. The van der Waals surface area contributed by atoms with Crippen molar-refractivity contribution in [3.05, 3.63) is 0 Å². The maximum absolute atomic E-state index is 9.29. The van der Waals surface area contributed by atoms with Crippen molar-refractivity contribution in [1.82, 2.24) is 5.32 Å². The average Bonchev–Trinajstić information content (AvgIpc) is 2.24. The molecule has 0 spiro atoms. The molecule has 3 nitrogen and oxygen atoms in total. The van der Waals surface area contributed by atoms with Crippen LogP contribution in [0.2, 0.25) is 0 Å². The van der Waals surface area contributed by atoms with E-state index in [1.165, 1.54) is 0 Å². The van der Waals surface area contributed by atoms with Crippen molar-refractivity contribution < 1.29 is 5.11 Å². The number of hydrogen-bond acceptors (Lipinski definition) is 3. The van der Waals surface area contributed by atoms with Gasteiger partial charge in [-0.15, -0.1) is 0 Å². The summed E-state index contributed by atoms with van der Waals surface area (Å²) in [6.45, 7) is 6.18. The smallest absolute Gasteiger partial charge is 0.0622 e. The Hall–Kier alpha value is -0.590. The van der Waals surface area contributed by atoms with Crippen LogP contribution < -0.4 is 5.32 Å². The summed E-state index contributed by atoms with van der Waals surface area (Å²) in [6.07, 6.45) is 3.49. The molecule has 0 aromatic carbocycles. The fourth-order valence-electron chi connectivity index (χ4n) is 1.43. The van der Waals surface area contributed by atoms with Gasteiger partial charge in [-0.2, -0.15) is 5.26 Å². The molecule has 14 heavy (non-hydrogen) atoms. The second-order valence-corrected chi connectivity index (χ2v) is 3.80. The minimum absolute atomic E-state index is 0.0344. The first kappa shape index (κ1) is 13.4. The number of nitriles is 1. The Bertz CT molecular complexity index is 162. The second-order valence-electron chi connectivity index (χ2n) is 3.80. The van der Waals surface area contributed by atoms with Crippen molar-refractivity contribution in [2.24, 2.45) is 5.41 Å². The van der Waals surface area contributed by atoms with Crippen LogP contribution in [-0.2, 0) is 0 Å². The zero-order valence-corrected chi connectivity index (χ0v) is 9.34. The molecular formula is C11H22N2O. The summed E-state index contributed by atoms with van der Waals surface area (Å²) in [4.78, 5) is 0. The molecule has 0 amide bonds. The van der Waals surface area contributed by atoms with Gasteiger partial charge in [-0.25, -0.2) is 0 Å². The molecule has 0 saturated heterocycles. The quantitative estimate of drug-likeness (QED) is 0.583. The summed E-state index contributed by atoms with van der Waals surface area (Å²) in [5.41, 5.74) is 0.0344. The van der Waals surface area contributed by atoms with Crippen LogP contribution in [0.5, 0.6) is 0 Å². The Morgan fingerprint density at radius 1 is 1.36 bits per heavy atom. The van der Waals surface area contributed by atoms with Crippen molar-refractivity contribution in [2.75, 3.05) is 19.7 Å². The first-order chi connectivity index (χ1) is 6.74. The van der Waals surface area contributed by atoms with Crippen LogP contribution in [0.1, 0.15) is 39.5 Å². The Kier molecular flexibility index (Phi) is 7.45. The van der Waals surface area contributed by atoms with E-state index in [-0.39, 0.29) is 12.0 Å². The number of unbranched alkanes of at least 4 members (excludes halogenated alkanes) is 1. The fraction of sp³-hybridized carbons (Fsp3) is 0.909. The van der Waals surface area contributed by atoms with Gasteiger partial charge in [0.05, 0.1) is 6.07 Å². The standard InChI is InChI=1S/C11H22N2O/c1-3-11(4-2,10-14)9-13-8-6-5-7-12/h13-14H,3-6,8-10H2,1-2H3. The molecule has 0 aromatic rings. The Morgan fingerprint density at radius 3 is 2.43 bits per heavy atom. The molecular weight excluding hydrogens is 176 g/mol. The van der Waals surface area contributed by atoms with Crippen LogP contribution in [0.25, 0.3) is 0 Å². The van der Waals surface area contributed by atoms with Crippen LogP contribution in [0.4, 0.5) is 0 Å². The molecule has 0 rings (SSSR count). The molecule has 0 radical (unpaired) electrons. The largest absolute Gasteiger partial charge is 0.396 e. The third kappa shape index (κ3) is 4.59. The van der Waals surface area contributed by atoms with E-state index in [0.29, 0.717) is 6.42 Å². The lowest BCUT2D eigenvalue weighted by molar-refractivity contribution is 0.113. The van der Waals surface area contributed by atoms with E-state index in [1.807, 2.05) is 0 Å².